The van der Waals surface area contributed by atoms with E-state index in [0.29, 0.717) is 12.8 Å². The third kappa shape index (κ3) is 2.73. The predicted octanol–water partition coefficient (Wildman–Crippen LogP) is 2.83. The lowest BCUT2D eigenvalue weighted by Gasteiger charge is -2.21. The van der Waals surface area contributed by atoms with E-state index in [4.69, 9.17) is 4.74 Å². The predicted molar refractivity (Wildman–Crippen MR) is 110 cm³/mol. The maximum atomic E-state index is 13.2. The van der Waals surface area contributed by atoms with Gasteiger partial charge in [-0.2, -0.15) is 0 Å². The molecule has 1 aliphatic heterocycles. The maximum absolute atomic E-state index is 13.2. The zero-order valence-corrected chi connectivity index (χ0v) is 17.0. The first-order valence-corrected chi connectivity index (χ1v) is 10.1. The normalized spacial score (nSPS) is 21.5. The number of ether oxygens (including phenoxy) is 1. The van der Waals surface area contributed by atoms with Crippen LogP contribution >= 0.6 is 0 Å². The molecule has 1 aliphatic carbocycles. The molecule has 0 radical (unpaired) electrons. The lowest BCUT2D eigenvalue weighted by atomic mass is 9.95. The molecule has 1 saturated heterocycles. The van der Waals surface area contributed by atoms with E-state index >= 15 is 0 Å². The second kappa shape index (κ2) is 6.67. The number of imide groups is 1. The van der Waals surface area contributed by atoms with Gasteiger partial charge in [0, 0.05) is 12.0 Å². The van der Waals surface area contributed by atoms with E-state index in [9.17, 15) is 14.7 Å². The van der Waals surface area contributed by atoms with Gasteiger partial charge in [0.05, 0.1) is 36.6 Å². The zero-order chi connectivity index (χ0) is 21.0. The number of carbonyl (C=O) groups excluding carboxylic acids is 2. The van der Waals surface area contributed by atoms with Crippen molar-refractivity contribution in [2.75, 3.05) is 6.54 Å². The Morgan fingerprint density at radius 3 is 2.77 bits per heavy atom. The fourth-order valence-corrected chi connectivity index (χ4v) is 4.57. The molecule has 2 heterocycles. The van der Waals surface area contributed by atoms with Gasteiger partial charge in [0.1, 0.15) is 0 Å². The number of hydrogen-bond donors (Lipinski definition) is 1. The van der Waals surface area contributed by atoms with Crippen LogP contribution in [-0.2, 0) is 28.1 Å². The number of carbonyl (C=O) groups is 2. The quantitative estimate of drug-likeness (QED) is 0.722. The van der Waals surface area contributed by atoms with Crippen molar-refractivity contribution in [1.29, 1.82) is 0 Å². The molecular weight excluding hydrogens is 382 g/mol. The third-order valence-corrected chi connectivity index (χ3v) is 6.31. The monoisotopic (exact) mass is 405 g/mol. The molecule has 3 aromatic rings. The molecule has 1 aromatic heterocycles. The summed E-state index contributed by atoms with van der Waals surface area (Å²) in [6, 6.07) is 11.6. The summed E-state index contributed by atoms with van der Waals surface area (Å²) in [5.74, 6) is -0.390. The van der Waals surface area contributed by atoms with Crippen LogP contribution in [0.4, 0.5) is 4.79 Å². The number of rotatable bonds is 4. The van der Waals surface area contributed by atoms with Crippen molar-refractivity contribution in [2.24, 2.45) is 0 Å². The average Bonchev–Trinajstić information content (AvgIpc) is 3.35. The Hall–Kier alpha value is -3.19. The topological polar surface area (TPSA) is 84.7 Å². The smallest absolute Gasteiger partial charge is 0.418 e. The van der Waals surface area contributed by atoms with Gasteiger partial charge in [-0.1, -0.05) is 24.3 Å². The van der Waals surface area contributed by atoms with Gasteiger partial charge in [0.15, 0.2) is 0 Å². The summed E-state index contributed by atoms with van der Waals surface area (Å²) in [6.07, 6.45) is 1.16. The van der Waals surface area contributed by atoms with Crippen LogP contribution in [0, 0.1) is 13.8 Å². The first-order chi connectivity index (χ1) is 14.4. The fourth-order valence-electron chi connectivity index (χ4n) is 4.57. The molecule has 2 amide bonds. The molecule has 0 saturated carbocycles. The van der Waals surface area contributed by atoms with E-state index in [1.165, 1.54) is 0 Å². The molecule has 2 aliphatic rings. The number of imidazole rings is 1. The molecule has 2 unspecified atom stereocenters. The molecule has 7 nitrogen and oxygen atoms in total. The van der Waals surface area contributed by atoms with Gasteiger partial charge in [0.2, 0.25) is 5.60 Å². The molecule has 5 rings (SSSR count). The molecule has 30 heavy (non-hydrogen) atoms. The lowest BCUT2D eigenvalue weighted by Crippen LogP contribution is -2.42. The van der Waals surface area contributed by atoms with Gasteiger partial charge in [-0.05, 0) is 49.1 Å². The second-order valence-electron chi connectivity index (χ2n) is 8.24. The number of aromatic nitrogens is 2. The number of nitrogens with zero attached hydrogens (tertiary/aromatic N) is 3. The highest BCUT2D eigenvalue weighted by Gasteiger charge is 2.58. The van der Waals surface area contributed by atoms with E-state index in [2.05, 4.69) is 4.98 Å². The number of hydrogen-bond acceptors (Lipinski definition) is 5. The van der Waals surface area contributed by atoms with E-state index in [1.54, 1.807) is 6.33 Å². The summed E-state index contributed by atoms with van der Waals surface area (Å²) in [5.41, 5.74) is 4.59. The Kier molecular flexibility index (Phi) is 4.18. The van der Waals surface area contributed by atoms with Gasteiger partial charge in [-0.15, -0.1) is 0 Å². The van der Waals surface area contributed by atoms with Crippen LogP contribution in [0.15, 0.2) is 42.7 Å². The van der Waals surface area contributed by atoms with Crippen LogP contribution in [-0.4, -0.2) is 44.2 Å². The minimum absolute atomic E-state index is 0.119. The van der Waals surface area contributed by atoms with Crippen molar-refractivity contribution in [1.82, 2.24) is 14.5 Å². The number of amides is 2. The standard InChI is InChI=1S/C23H23N3O4/c1-14-9-19-20(10-15(14)2)25(13-24-19)11-17(27)12-26-21(28)23(30-22(26)29)8-7-16-5-3-4-6-18(16)23/h3-6,9-10,13,17,27H,7-8,11-12H2,1-2H3. The lowest BCUT2D eigenvalue weighted by molar-refractivity contribution is -0.138. The Labute approximate surface area is 173 Å². The van der Waals surface area contributed by atoms with Crippen LogP contribution < -0.4 is 0 Å². The van der Waals surface area contributed by atoms with Crippen molar-refractivity contribution >= 4 is 23.0 Å². The van der Waals surface area contributed by atoms with Crippen molar-refractivity contribution in [2.45, 2.75) is 44.9 Å². The summed E-state index contributed by atoms with van der Waals surface area (Å²) >= 11 is 0. The fraction of sp³-hybridized carbons (Fsp3) is 0.348. The second-order valence-corrected chi connectivity index (χ2v) is 8.24. The Morgan fingerprint density at radius 1 is 1.17 bits per heavy atom. The Bertz CT molecular complexity index is 1180. The molecule has 154 valence electrons. The van der Waals surface area contributed by atoms with Crippen molar-refractivity contribution in [3.05, 3.63) is 65.0 Å². The molecular formula is C23H23N3O4. The third-order valence-electron chi connectivity index (χ3n) is 6.31. The number of aliphatic hydroxyl groups excluding tert-OH is 1. The minimum Gasteiger partial charge on any atom is -0.427 e. The van der Waals surface area contributed by atoms with Crippen LogP contribution in [0.25, 0.3) is 11.0 Å². The highest BCUT2D eigenvalue weighted by atomic mass is 16.6. The number of aliphatic hydroxyl groups is 1. The van der Waals surface area contributed by atoms with E-state index in [-0.39, 0.29) is 13.1 Å². The summed E-state index contributed by atoms with van der Waals surface area (Å²) in [4.78, 5) is 31.2. The number of aryl methyl sites for hydroxylation is 3. The number of fused-ring (bicyclic) bond motifs is 3. The molecule has 1 fully saturated rings. The highest BCUT2D eigenvalue weighted by Crippen LogP contribution is 2.45. The van der Waals surface area contributed by atoms with Crippen LogP contribution in [0.1, 0.15) is 28.7 Å². The summed E-state index contributed by atoms with van der Waals surface area (Å²) in [5, 5.41) is 10.7. The summed E-state index contributed by atoms with van der Waals surface area (Å²) in [7, 11) is 0. The van der Waals surface area contributed by atoms with Gasteiger partial charge in [-0.3, -0.25) is 4.79 Å². The van der Waals surface area contributed by atoms with Gasteiger partial charge < -0.3 is 14.4 Å². The van der Waals surface area contributed by atoms with Crippen LogP contribution in [0.3, 0.4) is 0 Å². The maximum Gasteiger partial charge on any atom is 0.418 e. The van der Waals surface area contributed by atoms with Crippen molar-refractivity contribution < 1.29 is 19.4 Å². The van der Waals surface area contributed by atoms with Crippen LogP contribution in [0.5, 0.6) is 0 Å². The van der Waals surface area contributed by atoms with E-state index in [1.807, 2.05) is 54.8 Å². The average molecular weight is 405 g/mol. The van der Waals surface area contributed by atoms with Gasteiger partial charge in [0.25, 0.3) is 5.91 Å². The highest BCUT2D eigenvalue weighted by molar-refractivity contribution is 6.04. The summed E-state index contributed by atoms with van der Waals surface area (Å²) in [6.45, 7) is 4.16. The molecule has 2 aromatic carbocycles. The van der Waals surface area contributed by atoms with E-state index in [0.717, 1.165) is 38.2 Å². The van der Waals surface area contributed by atoms with Gasteiger partial charge >= 0.3 is 6.09 Å². The van der Waals surface area contributed by atoms with Crippen molar-refractivity contribution in [3.63, 3.8) is 0 Å². The molecule has 1 N–H and O–H groups in total. The largest absolute Gasteiger partial charge is 0.427 e. The first-order valence-electron chi connectivity index (χ1n) is 10.1. The van der Waals surface area contributed by atoms with Crippen molar-refractivity contribution in [3.8, 4) is 0 Å². The summed E-state index contributed by atoms with van der Waals surface area (Å²) < 4.78 is 7.45. The number of benzene rings is 2. The molecule has 1 spiro atoms. The van der Waals surface area contributed by atoms with E-state index < -0.39 is 23.7 Å². The Morgan fingerprint density at radius 2 is 1.93 bits per heavy atom. The zero-order valence-electron chi connectivity index (χ0n) is 17.0. The first kappa shape index (κ1) is 18.8. The molecule has 7 heteroatoms. The molecule has 0 bridgehead atoms. The van der Waals surface area contributed by atoms with Crippen LogP contribution in [0.2, 0.25) is 0 Å². The van der Waals surface area contributed by atoms with Gasteiger partial charge in [-0.25, -0.2) is 14.7 Å². The SMILES string of the molecule is Cc1cc2ncn(CC(O)CN3C(=O)OC4(CCc5ccccc54)C3=O)c2cc1C. The Balaban J connectivity index is 1.36. The minimum atomic E-state index is -1.25. The number of β-amino-alcohol motifs (C(OH)–C–C–N with tert-alkyl or cyclic N) is 1. The molecule has 2 atom stereocenters.